The Bertz CT molecular complexity index is 596. The predicted octanol–water partition coefficient (Wildman–Crippen LogP) is 1.73. The number of fused-ring (bicyclic) bond motifs is 1. The zero-order valence-corrected chi connectivity index (χ0v) is 12.6. The number of aliphatic hydroxyl groups is 1. The third-order valence-corrected chi connectivity index (χ3v) is 4.45. The first-order valence-corrected chi connectivity index (χ1v) is 7.64. The summed E-state index contributed by atoms with van der Waals surface area (Å²) in [5.41, 5.74) is 2.41. The fraction of sp³-hybridized carbons (Fsp3) is 0.471. The first-order chi connectivity index (χ1) is 10.3. The lowest BCUT2D eigenvalue weighted by Gasteiger charge is -2.39. The monoisotopic (exact) mass is 285 g/mol. The largest absolute Gasteiger partial charge is 0.396 e. The molecule has 2 heterocycles. The van der Waals surface area contributed by atoms with E-state index in [1.807, 2.05) is 12.3 Å². The summed E-state index contributed by atoms with van der Waals surface area (Å²) in [5, 5.41) is 10.4. The van der Waals surface area contributed by atoms with Gasteiger partial charge in [0, 0.05) is 50.4 Å². The maximum atomic E-state index is 9.20. The molecular formula is C17H23N3O. The first-order valence-electron chi connectivity index (χ1n) is 7.64. The lowest BCUT2D eigenvalue weighted by molar-refractivity contribution is 0.0745. The summed E-state index contributed by atoms with van der Waals surface area (Å²) in [6.07, 6.45) is 2.70. The van der Waals surface area contributed by atoms with Gasteiger partial charge in [0.05, 0.1) is 5.52 Å². The SMILES string of the molecule is CN1CCN(Cc2cccc3ncccc23)CC1CCO. The topological polar surface area (TPSA) is 39.6 Å². The summed E-state index contributed by atoms with van der Waals surface area (Å²) >= 11 is 0. The molecule has 112 valence electrons. The molecule has 1 aliphatic heterocycles. The van der Waals surface area contributed by atoms with Crippen molar-refractivity contribution in [1.82, 2.24) is 14.8 Å². The molecule has 1 aromatic carbocycles. The van der Waals surface area contributed by atoms with Gasteiger partial charge in [-0.05, 0) is 31.2 Å². The highest BCUT2D eigenvalue weighted by atomic mass is 16.3. The van der Waals surface area contributed by atoms with Crippen LogP contribution in [0.1, 0.15) is 12.0 Å². The summed E-state index contributed by atoms with van der Waals surface area (Å²) in [4.78, 5) is 9.28. The molecule has 2 aromatic rings. The normalized spacial score (nSPS) is 21.0. The molecule has 1 atom stereocenters. The van der Waals surface area contributed by atoms with Crippen LogP contribution in [-0.2, 0) is 6.54 Å². The minimum absolute atomic E-state index is 0.265. The van der Waals surface area contributed by atoms with E-state index in [4.69, 9.17) is 0 Å². The molecule has 21 heavy (non-hydrogen) atoms. The smallest absolute Gasteiger partial charge is 0.0705 e. The summed E-state index contributed by atoms with van der Waals surface area (Å²) in [6, 6.07) is 11.0. The maximum absolute atomic E-state index is 9.20. The van der Waals surface area contributed by atoms with Gasteiger partial charge in [-0.3, -0.25) is 9.88 Å². The number of rotatable bonds is 4. The number of piperazine rings is 1. The van der Waals surface area contributed by atoms with Crippen LogP contribution >= 0.6 is 0 Å². The molecule has 1 fully saturated rings. The second kappa shape index (κ2) is 6.52. The van der Waals surface area contributed by atoms with Crippen molar-refractivity contribution in [2.75, 3.05) is 33.3 Å². The highest BCUT2D eigenvalue weighted by molar-refractivity contribution is 5.81. The van der Waals surface area contributed by atoms with Crippen molar-refractivity contribution in [2.24, 2.45) is 0 Å². The average Bonchev–Trinajstić information content (AvgIpc) is 2.51. The van der Waals surface area contributed by atoms with Crippen molar-refractivity contribution in [3.8, 4) is 0 Å². The highest BCUT2D eigenvalue weighted by Crippen LogP contribution is 2.20. The Morgan fingerprint density at radius 3 is 3.00 bits per heavy atom. The molecule has 0 radical (unpaired) electrons. The number of hydrogen-bond donors (Lipinski definition) is 1. The lowest BCUT2D eigenvalue weighted by Crippen LogP contribution is -2.51. The third-order valence-electron chi connectivity index (χ3n) is 4.45. The van der Waals surface area contributed by atoms with Crippen LogP contribution in [0.5, 0.6) is 0 Å². The van der Waals surface area contributed by atoms with E-state index in [2.05, 4.69) is 46.1 Å². The van der Waals surface area contributed by atoms with Crippen molar-refractivity contribution < 1.29 is 5.11 Å². The fourth-order valence-corrected chi connectivity index (χ4v) is 3.16. The second-order valence-electron chi connectivity index (χ2n) is 5.87. The molecule has 0 spiro atoms. The number of aliphatic hydroxyl groups excluding tert-OH is 1. The highest BCUT2D eigenvalue weighted by Gasteiger charge is 2.23. The van der Waals surface area contributed by atoms with Crippen LogP contribution in [0, 0.1) is 0 Å². The van der Waals surface area contributed by atoms with Crippen molar-refractivity contribution in [3.05, 3.63) is 42.1 Å². The zero-order valence-electron chi connectivity index (χ0n) is 12.6. The number of benzene rings is 1. The summed E-state index contributed by atoms with van der Waals surface area (Å²) in [7, 11) is 2.15. The molecule has 1 aliphatic rings. The van der Waals surface area contributed by atoms with Gasteiger partial charge in [-0.25, -0.2) is 0 Å². The summed E-state index contributed by atoms with van der Waals surface area (Å²) < 4.78 is 0. The van der Waals surface area contributed by atoms with Gasteiger partial charge in [0.15, 0.2) is 0 Å². The molecule has 1 saturated heterocycles. The van der Waals surface area contributed by atoms with Gasteiger partial charge in [-0.15, -0.1) is 0 Å². The van der Waals surface area contributed by atoms with Gasteiger partial charge < -0.3 is 10.0 Å². The molecule has 1 aromatic heterocycles. The minimum atomic E-state index is 0.265. The summed E-state index contributed by atoms with van der Waals surface area (Å²) in [5.74, 6) is 0. The van der Waals surface area contributed by atoms with E-state index < -0.39 is 0 Å². The molecule has 4 heteroatoms. The first kappa shape index (κ1) is 14.4. The number of hydrogen-bond acceptors (Lipinski definition) is 4. The Balaban J connectivity index is 1.76. The Morgan fingerprint density at radius 1 is 1.24 bits per heavy atom. The van der Waals surface area contributed by atoms with Gasteiger partial charge in [-0.2, -0.15) is 0 Å². The molecule has 0 aliphatic carbocycles. The molecule has 1 N–H and O–H groups in total. The quantitative estimate of drug-likeness (QED) is 0.929. The van der Waals surface area contributed by atoms with Gasteiger partial charge in [0.2, 0.25) is 0 Å². The van der Waals surface area contributed by atoms with Crippen LogP contribution in [-0.4, -0.2) is 59.2 Å². The molecule has 1 unspecified atom stereocenters. The Labute approximate surface area is 126 Å². The van der Waals surface area contributed by atoms with Crippen molar-refractivity contribution >= 4 is 10.9 Å². The van der Waals surface area contributed by atoms with Crippen LogP contribution in [0.2, 0.25) is 0 Å². The average molecular weight is 285 g/mol. The minimum Gasteiger partial charge on any atom is -0.396 e. The fourth-order valence-electron chi connectivity index (χ4n) is 3.16. The Morgan fingerprint density at radius 2 is 2.14 bits per heavy atom. The number of pyridine rings is 1. The van der Waals surface area contributed by atoms with E-state index in [1.54, 1.807) is 0 Å². The van der Waals surface area contributed by atoms with Crippen molar-refractivity contribution in [1.29, 1.82) is 0 Å². The van der Waals surface area contributed by atoms with Crippen molar-refractivity contribution in [2.45, 2.75) is 19.0 Å². The van der Waals surface area contributed by atoms with E-state index >= 15 is 0 Å². The predicted molar refractivity (Wildman–Crippen MR) is 85.1 cm³/mol. The lowest BCUT2D eigenvalue weighted by atomic mass is 10.1. The molecule has 0 bridgehead atoms. The number of nitrogens with zero attached hydrogens (tertiary/aromatic N) is 3. The number of likely N-dealkylation sites (N-methyl/N-ethyl adjacent to an activating group) is 1. The zero-order chi connectivity index (χ0) is 14.7. The third kappa shape index (κ3) is 3.23. The van der Waals surface area contributed by atoms with Crippen molar-refractivity contribution in [3.63, 3.8) is 0 Å². The van der Waals surface area contributed by atoms with Gasteiger partial charge >= 0.3 is 0 Å². The molecule has 0 amide bonds. The van der Waals surface area contributed by atoms with E-state index in [9.17, 15) is 5.11 Å². The maximum Gasteiger partial charge on any atom is 0.0705 e. The van der Waals surface area contributed by atoms with Crippen LogP contribution in [0.15, 0.2) is 36.5 Å². The van der Waals surface area contributed by atoms with Crippen LogP contribution in [0.3, 0.4) is 0 Å². The molecule has 0 saturated carbocycles. The molecule has 4 nitrogen and oxygen atoms in total. The van der Waals surface area contributed by atoms with Gasteiger partial charge in [0.1, 0.15) is 0 Å². The second-order valence-corrected chi connectivity index (χ2v) is 5.87. The van der Waals surface area contributed by atoms with E-state index in [-0.39, 0.29) is 6.61 Å². The molecule has 3 rings (SSSR count). The molecular weight excluding hydrogens is 262 g/mol. The van der Waals surface area contributed by atoms with E-state index in [1.165, 1.54) is 10.9 Å². The van der Waals surface area contributed by atoms with Gasteiger partial charge in [0.25, 0.3) is 0 Å². The Hall–Kier alpha value is -1.49. The van der Waals surface area contributed by atoms with E-state index in [0.29, 0.717) is 6.04 Å². The van der Waals surface area contributed by atoms with Crippen LogP contribution in [0.25, 0.3) is 10.9 Å². The Kier molecular flexibility index (Phi) is 4.48. The standard InChI is InChI=1S/C17H23N3O/c1-19-9-10-20(13-15(19)7-11-21)12-14-4-2-6-17-16(14)5-3-8-18-17/h2-6,8,15,21H,7,9-13H2,1H3. The summed E-state index contributed by atoms with van der Waals surface area (Å²) in [6.45, 7) is 4.39. The van der Waals surface area contributed by atoms with Gasteiger partial charge in [-0.1, -0.05) is 18.2 Å². The van der Waals surface area contributed by atoms with Crippen LogP contribution in [0.4, 0.5) is 0 Å². The van der Waals surface area contributed by atoms with Crippen LogP contribution < -0.4 is 0 Å². The number of aromatic nitrogens is 1. The van der Waals surface area contributed by atoms with E-state index in [0.717, 1.165) is 38.1 Å².